The molecule has 1 aliphatic rings. The van der Waals surface area contributed by atoms with Gasteiger partial charge in [-0.05, 0) is 49.3 Å². The molecule has 0 spiro atoms. The number of thioether (sulfide) groups is 1. The van der Waals surface area contributed by atoms with Crippen LogP contribution in [0.25, 0.3) is 0 Å². The number of aryl methyl sites for hydroxylation is 1. The first-order valence-electron chi connectivity index (χ1n) is 6.90. The summed E-state index contributed by atoms with van der Waals surface area (Å²) in [5.41, 5.74) is 2.50. The highest BCUT2D eigenvalue weighted by atomic mass is 32.2. The second-order valence-electron chi connectivity index (χ2n) is 5.08. The Labute approximate surface area is 122 Å². The Kier molecular flexibility index (Phi) is 3.66. The lowest BCUT2D eigenvalue weighted by Crippen LogP contribution is -2.06. The van der Waals surface area contributed by atoms with Gasteiger partial charge in [-0.2, -0.15) is 0 Å². The number of hydrogen-bond acceptors (Lipinski definition) is 4. The second-order valence-corrected chi connectivity index (χ2v) is 5.96. The van der Waals surface area contributed by atoms with E-state index in [0.29, 0.717) is 11.5 Å². The van der Waals surface area contributed by atoms with Crippen molar-refractivity contribution in [2.24, 2.45) is 0 Å². The van der Waals surface area contributed by atoms with Gasteiger partial charge in [-0.25, -0.2) is 0 Å². The quantitative estimate of drug-likeness (QED) is 0.614. The Morgan fingerprint density at radius 3 is 2.85 bits per heavy atom. The number of aromatic nitrogens is 1. The number of ketones is 1. The third kappa shape index (κ3) is 2.40. The van der Waals surface area contributed by atoms with Crippen LogP contribution in [0.4, 0.5) is 0 Å². The summed E-state index contributed by atoms with van der Waals surface area (Å²) < 4.78 is 5.27. The molecule has 2 aromatic rings. The molecule has 0 bridgehead atoms. The molecule has 1 fully saturated rings. The summed E-state index contributed by atoms with van der Waals surface area (Å²) in [5, 5.41) is 3.82. The average molecular weight is 287 g/mol. The highest BCUT2D eigenvalue weighted by Crippen LogP contribution is 2.42. The molecule has 104 valence electrons. The first-order valence-corrected chi connectivity index (χ1v) is 8.13. The number of nitrogens with zero attached hydrogens (tertiary/aromatic N) is 1. The van der Waals surface area contributed by atoms with E-state index in [1.54, 1.807) is 18.0 Å². The normalized spacial score (nSPS) is 14.5. The molecule has 0 aliphatic heterocycles. The van der Waals surface area contributed by atoms with Crippen molar-refractivity contribution >= 4 is 17.5 Å². The molecule has 0 atom stereocenters. The topological polar surface area (TPSA) is 43.1 Å². The summed E-state index contributed by atoms with van der Waals surface area (Å²) in [6.45, 7) is 2.08. The number of benzene rings is 1. The molecule has 0 radical (unpaired) electrons. The Bertz CT molecular complexity index is 644. The summed E-state index contributed by atoms with van der Waals surface area (Å²) >= 11 is 1.69. The van der Waals surface area contributed by atoms with Crippen LogP contribution in [0.2, 0.25) is 0 Å². The van der Waals surface area contributed by atoms with Gasteiger partial charge < -0.3 is 4.52 Å². The first kappa shape index (κ1) is 13.4. The lowest BCUT2D eigenvalue weighted by Gasteiger charge is -2.08. The van der Waals surface area contributed by atoms with Crippen molar-refractivity contribution < 1.29 is 9.32 Å². The fourth-order valence-electron chi connectivity index (χ4n) is 2.42. The molecule has 1 heterocycles. The zero-order chi connectivity index (χ0) is 14.1. The van der Waals surface area contributed by atoms with Crippen molar-refractivity contribution in [1.29, 1.82) is 0 Å². The highest BCUT2D eigenvalue weighted by molar-refractivity contribution is 7.98. The van der Waals surface area contributed by atoms with E-state index in [4.69, 9.17) is 4.52 Å². The van der Waals surface area contributed by atoms with Crippen molar-refractivity contribution in [3.05, 3.63) is 46.8 Å². The van der Waals surface area contributed by atoms with Crippen molar-refractivity contribution in [1.82, 2.24) is 5.16 Å². The predicted octanol–water partition coefficient (Wildman–Crippen LogP) is 4.07. The molecule has 20 heavy (non-hydrogen) atoms. The maximum absolute atomic E-state index is 12.7. The number of carbonyl (C=O) groups is 1. The van der Waals surface area contributed by atoms with Crippen LogP contribution in [0.15, 0.2) is 33.8 Å². The molecule has 0 N–H and O–H groups in total. The van der Waals surface area contributed by atoms with Crippen LogP contribution in [0.1, 0.15) is 52.9 Å². The van der Waals surface area contributed by atoms with Gasteiger partial charge in [-0.3, -0.25) is 4.79 Å². The molecule has 1 aromatic carbocycles. The van der Waals surface area contributed by atoms with Crippen molar-refractivity contribution in [3.8, 4) is 0 Å². The summed E-state index contributed by atoms with van der Waals surface area (Å²) in [7, 11) is 0. The van der Waals surface area contributed by atoms with Gasteiger partial charge in [0, 0.05) is 16.4 Å². The lowest BCUT2D eigenvalue weighted by atomic mass is 9.96. The van der Waals surface area contributed by atoms with Crippen LogP contribution < -0.4 is 0 Å². The van der Waals surface area contributed by atoms with Crippen molar-refractivity contribution in [3.63, 3.8) is 0 Å². The van der Waals surface area contributed by atoms with Crippen molar-refractivity contribution in [2.75, 3.05) is 6.26 Å². The molecular formula is C16H17NO2S. The number of rotatable bonds is 5. The van der Waals surface area contributed by atoms with Gasteiger partial charge in [0.15, 0.2) is 11.5 Å². The maximum Gasteiger partial charge on any atom is 0.198 e. The van der Waals surface area contributed by atoms with Gasteiger partial charge in [0.25, 0.3) is 0 Å². The molecule has 1 saturated carbocycles. The number of hydrogen-bond donors (Lipinski definition) is 0. The fourth-order valence-corrected chi connectivity index (χ4v) is 2.88. The minimum absolute atomic E-state index is 0.0395. The molecule has 0 amide bonds. The standard InChI is InChI=1S/C16H17NO2S/c1-3-10-8-12(20-2)6-7-13(10)15(18)14-9-17-19-16(14)11-4-5-11/h6-9,11H,3-5H2,1-2H3. The predicted molar refractivity (Wildman–Crippen MR) is 79.5 cm³/mol. The van der Waals surface area contributed by atoms with E-state index in [2.05, 4.69) is 18.1 Å². The van der Waals surface area contributed by atoms with E-state index in [1.807, 2.05) is 18.4 Å². The smallest absolute Gasteiger partial charge is 0.198 e. The van der Waals surface area contributed by atoms with Gasteiger partial charge >= 0.3 is 0 Å². The fraction of sp³-hybridized carbons (Fsp3) is 0.375. The zero-order valence-electron chi connectivity index (χ0n) is 11.7. The van der Waals surface area contributed by atoms with Gasteiger partial charge in [0.1, 0.15) is 0 Å². The van der Waals surface area contributed by atoms with Crippen LogP contribution in [0, 0.1) is 0 Å². The van der Waals surface area contributed by atoms with Crippen LogP contribution in [-0.4, -0.2) is 17.2 Å². The maximum atomic E-state index is 12.7. The largest absolute Gasteiger partial charge is 0.360 e. The molecule has 1 aliphatic carbocycles. The third-order valence-electron chi connectivity index (χ3n) is 3.73. The first-order chi connectivity index (χ1) is 9.74. The molecular weight excluding hydrogens is 270 g/mol. The van der Waals surface area contributed by atoms with Crippen molar-refractivity contribution in [2.45, 2.75) is 37.0 Å². The summed E-state index contributed by atoms with van der Waals surface area (Å²) in [4.78, 5) is 13.9. The minimum Gasteiger partial charge on any atom is -0.360 e. The van der Waals surface area contributed by atoms with Gasteiger partial charge in [0.2, 0.25) is 0 Å². The highest BCUT2D eigenvalue weighted by Gasteiger charge is 2.33. The Hall–Kier alpha value is -1.55. The summed E-state index contributed by atoms with van der Waals surface area (Å²) in [6, 6.07) is 6.03. The van der Waals surface area contributed by atoms with Gasteiger partial charge in [-0.15, -0.1) is 11.8 Å². The monoisotopic (exact) mass is 287 g/mol. The third-order valence-corrected chi connectivity index (χ3v) is 4.45. The summed E-state index contributed by atoms with van der Waals surface area (Å²) in [6.07, 6.45) is 6.65. The Balaban J connectivity index is 1.99. The SMILES string of the molecule is CCc1cc(SC)ccc1C(=O)c1cnoc1C1CC1. The molecule has 0 unspecified atom stereocenters. The molecule has 1 aromatic heterocycles. The van der Waals surface area contributed by atoms with Gasteiger partial charge in [0.05, 0.1) is 11.8 Å². The van der Waals surface area contributed by atoms with E-state index in [1.165, 1.54) is 4.90 Å². The minimum atomic E-state index is 0.0395. The van der Waals surface area contributed by atoms with E-state index in [0.717, 1.165) is 36.1 Å². The molecule has 0 saturated heterocycles. The molecule has 3 rings (SSSR count). The average Bonchev–Trinajstić information content (AvgIpc) is 3.22. The second kappa shape index (κ2) is 5.44. The zero-order valence-corrected chi connectivity index (χ0v) is 12.5. The molecule has 3 nitrogen and oxygen atoms in total. The van der Waals surface area contributed by atoms with E-state index in [-0.39, 0.29) is 5.78 Å². The Morgan fingerprint density at radius 2 is 2.20 bits per heavy atom. The van der Waals surface area contributed by atoms with Crippen LogP contribution in [0.5, 0.6) is 0 Å². The van der Waals surface area contributed by atoms with E-state index in [9.17, 15) is 4.79 Å². The number of carbonyl (C=O) groups excluding carboxylic acids is 1. The molecule has 4 heteroatoms. The van der Waals surface area contributed by atoms with Gasteiger partial charge in [-0.1, -0.05) is 12.1 Å². The van der Waals surface area contributed by atoms with Crippen LogP contribution in [-0.2, 0) is 6.42 Å². The summed E-state index contributed by atoms with van der Waals surface area (Å²) in [5.74, 6) is 1.20. The lowest BCUT2D eigenvalue weighted by molar-refractivity contribution is 0.103. The van der Waals surface area contributed by atoms with Crippen LogP contribution in [0.3, 0.4) is 0 Å². The Morgan fingerprint density at radius 1 is 1.40 bits per heavy atom. The van der Waals surface area contributed by atoms with E-state index >= 15 is 0 Å². The van der Waals surface area contributed by atoms with E-state index < -0.39 is 0 Å². The van der Waals surface area contributed by atoms with Crippen LogP contribution >= 0.6 is 11.8 Å².